The number of rotatable bonds is 6. The van der Waals surface area contributed by atoms with Gasteiger partial charge in [0.2, 0.25) is 10.0 Å². The van der Waals surface area contributed by atoms with E-state index in [1.807, 2.05) is 0 Å². The van der Waals surface area contributed by atoms with E-state index in [9.17, 15) is 22.0 Å². The van der Waals surface area contributed by atoms with Gasteiger partial charge < -0.3 is 9.64 Å². The van der Waals surface area contributed by atoms with E-state index in [1.54, 1.807) is 12.1 Å². The number of halogens is 2. The molecule has 1 saturated carbocycles. The van der Waals surface area contributed by atoms with Crippen molar-refractivity contribution in [1.29, 1.82) is 0 Å². The number of amides is 1. The Morgan fingerprint density at radius 1 is 1.12 bits per heavy atom. The first-order valence-corrected chi connectivity index (χ1v) is 12.3. The Kier molecular flexibility index (Phi) is 5.72. The van der Waals surface area contributed by atoms with Crippen LogP contribution in [0.2, 0.25) is 0 Å². The number of nitrogens with zero attached hydrogens (tertiary/aromatic N) is 5. The molecule has 3 heterocycles. The number of fused-ring (bicyclic) bond motifs is 1. The Hall–Kier alpha value is -3.12. The molecule has 1 saturated heterocycles. The molecule has 1 aliphatic heterocycles. The van der Waals surface area contributed by atoms with E-state index in [0.29, 0.717) is 11.4 Å². The molecule has 1 aromatic carbocycles. The summed E-state index contributed by atoms with van der Waals surface area (Å²) in [5.74, 6) is 0.278. The van der Waals surface area contributed by atoms with Crippen molar-refractivity contribution < 1.29 is 26.7 Å². The zero-order valence-corrected chi connectivity index (χ0v) is 19.2. The molecule has 2 fully saturated rings. The second-order valence-electron chi connectivity index (χ2n) is 8.35. The summed E-state index contributed by atoms with van der Waals surface area (Å²) in [6, 6.07) is 7.48. The molecule has 0 bridgehead atoms. The largest absolute Gasteiger partial charge is 0.497 e. The lowest BCUT2D eigenvalue weighted by molar-refractivity contribution is 0.0699. The van der Waals surface area contributed by atoms with Gasteiger partial charge >= 0.3 is 0 Å². The van der Waals surface area contributed by atoms with Gasteiger partial charge in [-0.2, -0.15) is 9.40 Å². The molecule has 9 nitrogen and oxygen atoms in total. The fourth-order valence-electron chi connectivity index (χ4n) is 4.10. The van der Waals surface area contributed by atoms with Crippen LogP contribution in [0, 0.1) is 0 Å². The predicted molar refractivity (Wildman–Crippen MR) is 118 cm³/mol. The Morgan fingerprint density at radius 2 is 1.79 bits per heavy atom. The third kappa shape index (κ3) is 4.00. The Labute approximate surface area is 195 Å². The number of hydrogen-bond acceptors (Lipinski definition) is 6. The minimum absolute atomic E-state index is 0.109. The molecule has 2 aliphatic rings. The number of piperazine rings is 1. The number of benzene rings is 1. The summed E-state index contributed by atoms with van der Waals surface area (Å²) in [4.78, 5) is 19.3. The molecule has 180 valence electrons. The van der Waals surface area contributed by atoms with Crippen LogP contribution in [-0.4, -0.2) is 71.4 Å². The third-order valence-corrected chi connectivity index (χ3v) is 8.10. The van der Waals surface area contributed by atoms with Gasteiger partial charge in [0.15, 0.2) is 5.65 Å². The van der Waals surface area contributed by atoms with Gasteiger partial charge in [0.25, 0.3) is 12.3 Å². The second kappa shape index (κ2) is 8.58. The van der Waals surface area contributed by atoms with Gasteiger partial charge in [-0.25, -0.2) is 26.7 Å². The third-order valence-electron chi connectivity index (χ3n) is 6.19. The van der Waals surface area contributed by atoms with Gasteiger partial charge in [0.05, 0.1) is 18.2 Å². The average Bonchev–Trinajstić information content (AvgIpc) is 3.62. The van der Waals surface area contributed by atoms with Gasteiger partial charge in [-0.3, -0.25) is 4.79 Å². The number of methoxy groups -OCH3 is 1. The molecular formula is C22H23F2N5O4S. The molecule has 0 N–H and O–H groups in total. The van der Waals surface area contributed by atoms with Crippen LogP contribution in [0.5, 0.6) is 5.75 Å². The molecule has 5 rings (SSSR count). The highest BCUT2D eigenvalue weighted by Gasteiger charge is 2.33. The molecule has 34 heavy (non-hydrogen) atoms. The van der Waals surface area contributed by atoms with Crippen molar-refractivity contribution in [1.82, 2.24) is 23.8 Å². The van der Waals surface area contributed by atoms with Crippen LogP contribution in [0.3, 0.4) is 0 Å². The van der Waals surface area contributed by atoms with E-state index in [1.165, 1.54) is 40.7 Å². The first kappa shape index (κ1) is 22.7. The normalized spacial score (nSPS) is 17.5. The van der Waals surface area contributed by atoms with E-state index in [2.05, 4.69) is 10.1 Å². The maximum absolute atomic E-state index is 13.6. The number of carbonyl (C=O) groups is 1. The predicted octanol–water partition coefficient (Wildman–Crippen LogP) is 2.70. The van der Waals surface area contributed by atoms with E-state index >= 15 is 0 Å². The smallest absolute Gasteiger partial charge is 0.280 e. The zero-order chi connectivity index (χ0) is 24.0. The summed E-state index contributed by atoms with van der Waals surface area (Å²) in [6.07, 6.45) is 0.271. The molecule has 1 aliphatic carbocycles. The van der Waals surface area contributed by atoms with E-state index in [0.717, 1.165) is 17.4 Å². The van der Waals surface area contributed by atoms with Crippen molar-refractivity contribution in [2.75, 3.05) is 33.3 Å². The highest BCUT2D eigenvalue weighted by molar-refractivity contribution is 7.89. The van der Waals surface area contributed by atoms with Crippen LogP contribution in [0.1, 0.15) is 46.9 Å². The zero-order valence-electron chi connectivity index (χ0n) is 18.4. The van der Waals surface area contributed by atoms with Gasteiger partial charge in [-0.1, -0.05) is 0 Å². The number of aromatic nitrogens is 3. The van der Waals surface area contributed by atoms with Crippen molar-refractivity contribution in [3.05, 3.63) is 53.5 Å². The molecular weight excluding hydrogens is 468 g/mol. The molecule has 1 amide bonds. The summed E-state index contributed by atoms with van der Waals surface area (Å²) < 4.78 is 60.6. The van der Waals surface area contributed by atoms with Crippen LogP contribution < -0.4 is 4.74 Å². The van der Waals surface area contributed by atoms with Gasteiger partial charge in [0, 0.05) is 37.8 Å². The average molecular weight is 492 g/mol. The molecule has 0 radical (unpaired) electrons. The summed E-state index contributed by atoms with van der Waals surface area (Å²) >= 11 is 0. The monoisotopic (exact) mass is 491 g/mol. The van der Waals surface area contributed by atoms with Crippen molar-refractivity contribution in [2.45, 2.75) is 30.1 Å². The molecule has 0 unspecified atom stereocenters. The van der Waals surface area contributed by atoms with E-state index < -0.39 is 22.4 Å². The minimum Gasteiger partial charge on any atom is -0.497 e. The minimum atomic E-state index is -3.72. The number of carbonyl (C=O) groups excluding carboxylic acids is 1. The Bertz CT molecular complexity index is 1330. The standard InChI is InChI=1S/C22H23F2N5O4S/c1-33-15-4-6-16(7-5-15)34(31,32)28-10-8-27(9-11-28)22(30)17-13-25-29-19(20(23)24)12-18(14-2-3-14)26-21(17)29/h4-7,12-14,20H,2-3,8-11H2,1H3. The molecule has 2 aromatic heterocycles. The topological polar surface area (TPSA) is 97.1 Å². The molecule has 3 aromatic rings. The van der Waals surface area contributed by atoms with Crippen LogP contribution in [0.25, 0.3) is 5.65 Å². The van der Waals surface area contributed by atoms with Crippen molar-refractivity contribution in [3.8, 4) is 5.75 Å². The van der Waals surface area contributed by atoms with E-state index in [-0.39, 0.29) is 53.9 Å². The van der Waals surface area contributed by atoms with Crippen molar-refractivity contribution in [2.24, 2.45) is 0 Å². The van der Waals surface area contributed by atoms with Crippen LogP contribution >= 0.6 is 0 Å². The lowest BCUT2D eigenvalue weighted by Gasteiger charge is -2.33. The maximum atomic E-state index is 13.6. The first-order chi connectivity index (χ1) is 16.3. The highest BCUT2D eigenvalue weighted by atomic mass is 32.2. The number of ether oxygens (including phenoxy) is 1. The number of sulfonamides is 1. The summed E-state index contributed by atoms with van der Waals surface area (Å²) in [6.45, 7) is 0.551. The summed E-state index contributed by atoms with van der Waals surface area (Å²) in [7, 11) is -2.22. The molecule has 12 heteroatoms. The van der Waals surface area contributed by atoms with Crippen LogP contribution in [0.4, 0.5) is 8.78 Å². The Balaban J connectivity index is 1.35. The van der Waals surface area contributed by atoms with Gasteiger partial charge in [0.1, 0.15) is 17.0 Å². The fraction of sp³-hybridized carbons (Fsp3) is 0.409. The van der Waals surface area contributed by atoms with Crippen LogP contribution in [-0.2, 0) is 10.0 Å². The van der Waals surface area contributed by atoms with E-state index in [4.69, 9.17) is 4.74 Å². The second-order valence-corrected chi connectivity index (χ2v) is 10.3. The SMILES string of the molecule is COc1ccc(S(=O)(=O)N2CCN(C(=O)c3cnn4c(C(F)F)cc(C5CC5)nc34)CC2)cc1. The first-order valence-electron chi connectivity index (χ1n) is 10.9. The van der Waals surface area contributed by atoms with Gasteiger partial charge in [-0.15, -0.1) is 0 Å². The quantitative estimate of drug-likeness (QED) is 0.526. The van der Waals surface area contributed by atoms with Gasteiger partial charge in [-0.05, 0) is 43.2 Å². The molecule has 0 atom stereocenters. The Morgan fingerprint density at radius 3 is 2.38 bits per heavy atom. The highest BCUT2D eigenvalue weighted by Crippen LogP contribution is 2.40. The fourth-order valence-corrected chi connectivity index (χ4v) is 5.52. The lowest BCUT2D eigenvalue weighted by Crippen LogP contribution is -2.50. The summed E-state index contributed by atoms with van der Waals surface area (Å²) in [5.41, 5.74) is 0.503. The number of hydrogen-bond donors (Lipinski definition) is 0. The lowest BCUT2D eigenvalue weighted by atomic mass is 10.2. The van der Waals surface area contributed by atoms with Crippen molar-refractivity contribution >= 4 is 21.6 Å². The van der Waals surface area contributed by atoms with Crippen molar-refractivity contribution in [3.63, 3.8) is 0 Å². The maximum Gasteiger partial charge on any atom is 0.280 e. The summed E-state index contributed by atoms with van der Waals surface area (Å²) in [5, 5.41) is 3.99. The number of alkyl halides is 2. The molecule has 0 spiro atoms. The van der Waals surface area contributed by atoms with Crippen LogP contribution in [0.15, 0.2) is 41.4 Å².